The van der Waals surface area contributed by atoms with Crippen molar-refractivity contribution in [3.8, 4) is 0 Å². The highest BCUT2D eigenvalue weighted by Gasteiger charge is 2.20. The molecule has 1 aromatic rings. The van der Waals surface area contributed by atoms with Crippen molar-refractivity contribution in [3.63, 3.8) is 0 Å². The third kappa shape index (κ3) is 3.02. The second-order valence-corrected chi connectivity index (χ2v) is 5.69. The van der Waals surface area contributed by atoms with Crippen molar-refractivity contribution >= 4 is 11.8 Å². The second-order valence-electron chi connectivity index (χ2n) is 4.29. The van der Waals surface area contributed by atoms with Gasteiger partial charge in [0, 0.05) is 6.04 Å². The highest BCUT2D eigenvalue weighted by molar-refractivity contribution is 7.99. The van der Waals surface area contributed by atoms with Gasteiger partial charge < -0.3 is 5.32 Å². The highest BCUT2D eigenvalue weighted by atomic mass is 32.2. The molecule has 0 fully saturated rings. The van der Waals surface area contributed by atoms with Crippen LogP contribution < -0.4 is 5.32 Å². The zero-order valence-corrected chi connectivity index (χ0v) is 10.9. The zero-order chi connectivity index (χ0) is 11.2. The molecule has 1 unspecified atom stereocenters. The van der Waals surface area contributed by atoms with Gasteiger partial charge in [-0.25, -0.2) is 0 Å². The lowest BCUT2D eigenvalue weighted by atomic mass is 10.1. The summed E-state index contributed by atoms with van der Waals surface area (Å²) < 4.78 is 0. The molecule has 1 aliphatic rings. The van der Waals surface area contributed by atoms with Gasteiger partial charge in [-0.15, -0.1) is 0 Å². The van der Waals surface area contributed by atoms with E-state index in [0.29, 0.717) is 6.04 Å². The molecule has 0 bridgehead atoms. The molecule has 1 atom stereocenters. The van der Waals surface area contributed by atoms with Crippen LogP contribution in [0, 0.1) is 0 Å². The third-order valence-corrected chi connectivity index (χ3v) is 4.18. The van der Waals surface area contributed by atoms with Crippen molar-refractivity contribution in [1.82, 2.24) is 5.32 Å². The molecule has 16 heavy (non-hydrogen) atoms. The number of benzene rings is 1. The van der Waals surface area contributed by atoms with Gasteiger partial charge in [-0.05, 0) is 48.4 Å². The highest BCUT2D eigenvalue weighted by Crippen LogP contribution is 2.30. The number of nitrogens with one attached hydrogen (secondary N) is 1. The Morgan fingerprint density at radius 2 is 2.25 bits per heavy atom. The Morgan fingerprint density at radius 1 is 1.38 bits per heavy atom. The van der Waals surface area contributed by atoms with Crippen LogP contribution in [0.25, 0.3) is 0 Å². The van der Waals surface area contributed by atoms with Crippen LogP contribution in [0.1, 0.15) is 36.9 Å². The smallest absolute Gasteiger partial charge is 0.0326 e. The standard InChI is InChI=1S/C14H21NS/c1-2-16-11-5-10-15-14-9-8-12-6-3-4-7-13(12)14/h3-4,6-7,14-15H,2,5,8-11H2,1H3. The molecule has 0 aliphatic heterocycles. The summed E-state index contributed by atoms with van der Waals surface area (Å²) in [6.45, 7) is 3.39. The van der Waals surface area contributed by atoms with Gasteiger partial charge in [0.1, 0.15) is 0 Å². The molecule has 88 valence electrons. The van der Waals surface area contributed by atoms with Crippen LogP contribution in [0.15, 0.2) is 24.3 Å². The quantitative estimate of drug-likeness (QED) is 0.758. The maximum atomic E-state index is 3.68. The largest absolute Gasteiger partial charge is 0.310 e. The van der Waals surface area contributed by atoms with Crippen LogP contribution in [0.2, 0.25) is 0 Å². The lowest BCUT2D eigenvalue weighted by molar-refractivity contribution is 0.530. The predicted molar refractivity (Wildman–Crippen MR) is 73.1 cm³/mol. The van der Waals surface area contributed by atoms with Gasteiger partial charge in [-0.2, -0.15) is 11.8 Å². The number of aryl methyl sites for hydroxylation is 1. The minimum atomic E-state index is 0.614. The van der Waals surface area contributed by atoms with E-state index in [1.807, 2.05) is 11.8 Å². The maximum Gasteiger partial charge on any atom is 0.0326 e. The lowest BCUT2D eigenvalue weighted by Crippen LogP contribution is -2.20. The fourth-order valence-corrected chi connectivity index (χ4v) is 3.00. The number of hydrogen-bond acceptors (Lipinski definition) is 2. The van der Waals surface area contributed by atoms with E-state index in [1.54, 1.807) is 5.56 Å². The van der Waals surface area contributed by atoms with E-state index in [2.05, 4.69) is 36.5 Å². The minimum absolute atomic E-state index is 0.614. The van der Waals surface area contributed by atoms with Gasteiger partial charge in [-0.3, -0.25) is 0 Å². The summed E-state index contributed by atoms with van der Waals surface area (Å²) >= 11 is 2.04. The minimum Gasteiger partial charge on any atom is -0.310 e. The van der Waals surface area contributed by atoms with Crippen molar-refractivity contribution < 1.29 is 0 Å². The summed E-state index contributed by atoms with van der Waals surface area (Å²) in [6.07, 6.45) is 3.81. The molecular formula is C14H21NS. The average Bonchev–Trinajstić information content (AvgIpc) is 2.73. The van der Waals surface area contributed by atoms with Gasteiger partial charge in [-0.1, -0.05) is 31.2 Å². The van der Waals surface area contributed by atoms with E-state index < -0.39 is 0 Å². The van der Waals surface area contributed by atoms with Crippen LogP contribution >= 0.6 is 11.8 Å². The zero-order valence-electron chi connectivity index (χ0n) is 10.0. The number of rotatable bonds is 6. The summed E-state index contributed by atoms with van der Waals surface area (Å²) in [5, 5.41) is 3.68. The number of hydrogen-bond donors (Lipinski definition) is 1. The van der Waals surface area contributed by atoms with Crippen LogP contribution in [0.3, 0.4) is 0 Å². The summed E-state index contributed by atoms with van der Waals surface area (Å²) in [6, 6.07) is 9.47. The van der Waals surface area contributed by atoms with Crippen molar-refractivity contribution in [2.45, 2.75) is 32.2 Å². The molecule has 0 amide bonds. The van der Waals surface area contributed by atoms with E-state index >= 15 is 0 Å². The molecule has 1 N–H and O–H groups in total. The van der Waals surface area contributed by atoms with E-state index in [-0.39, 0.29) is 0 Å². The van der Waals surface area contributed by atoms with Crippen molar-refractivity contribution in [2.24, 2.45) is 0 Å². The Bertz CT molecular complexity index is 324. The predicted octanol–water partition coefficient (Wildman–Crippen LogP) is 3.41. The normalized spacial score (nSPS) is 18.7. The molecular weight excluding hydrogens is 214 g/mol. The Labute approximate surface area is 103 Å². The summed E-state index contributed by atoms with van der Waals surface area (Å²) in [5.41, 5.74) is 3.08. The molecule has 2 rings (SSSR count). The van der Waals surface area contributed by atoms with E-state index in [0.717, 1.165) is 6.54 Å². The maximum absolute atomic E-state index is 3.68. The molecule has 1 nitrogen and oxygen atoms in total. The van der Waals surface area contributed by atoms with E-state index in [4.69, 9.17) is 0 Å². The van der Waals surface area contributed by atoms with Crippen molar-refractivity contribution in [3.05, 3.63) is 35.4 Å². The second kappa shape index (κ2) is 6.31. The summed E-state index contributed by atoms with van der Waals surface area (Å²) in [4.78, 5) is 0. The first kappa shape index (κ1) is 12.0. The summed E-state index contributed by atoms with van der Waals surface area (Å²) in [7, 11) is 0. The molecule has 0 saturated carbocycles. The number of fused-ring (bicyclic) bond motifs is 1. The molecule has 1 aromatic carbocycles. The lowest BCUT2D eigenvalue weighted by Gasteiger charge is -2.13. The SMILES string of the molecule is CCSCCCNC1CCc2ccccc21. The molecule has 0 spiro atoms. The molecule has 0 heterocycles. The molecule has 2 heteroatoms. The average molecular weight is 235 g/mol. The van der Waals surface area contributed by atoms with Gasteiger partial charge in [0.15, 0.2) is 0 Å². The first-order chi connectivity index (χ1) is 7.92. The first-order valence-electron chi connectivity index (χ1n) is 6.30. The van der Waals surface area contributed by atoms with E-state index in [1.165, 1.54) is 36.3 Å². The topological polar surface area (TPSA) is 12.0 Å². The first-order valence-corrected chi connectivity index (χ1v) is 7.46. The Balaban J connectivity index is 1.76. The van der Waals surface area contributed by atoms with Crippen molar-refractivity contribution in [1.29, 1.82) is 0 Å². The summed E-state index contributed by atoms with van der Waals surface area (Å²) in [5.74, 6) is 2.53. The number of thioether (sulfide) groups is 1. The molecule has 0 saturated heterocycles. The van der Waals surface area contributed by atoms with Gasteiger partial charge in [0.25, 0.3) is 0 Å². The fraction of sp³-hybridized carbons (Fsp3) is 0.571. The Morgan fingerprint density at radius 3 is 3.12 bits per heavy atom. The Hall–Kier alpha value is -0.470. The van der Waals surface area contributed by atoms with E-state index in [9.17, 15) is 0 Å². The molecule has 1 aliphatic carbocycles. The van der Waals surface area contributed by atoms with Crippen molar-refractivity contribution in [2.75, 3.05) is 18.1 Å². The monoisotopic (exact) mass is 235 g/mol. The van der Waals surface area contributed by atoms with Crippen LogP contribution in [0.4, 0.5) is 0 Å². The van der Waals surface area contributed by atoms with Crippen LogP contribution in [-0.2, 0) is 6.42 Å². The molecule has 0 aromatic heterocycles. The van der Waals surface area contributed by atoms with Crippen LogP contribution in [-0.4, -0.2) is 18.1 Å². The van der Waals surface area contributed by atoms with Crippen LogP contribution in [0.5, 0.6) is 0 Å². The Kier molecular flexibility index (Phi) is 4.73. The molecule has 0 radical (unpaired) electrons. The fourth-order valence-electron chi connectivity index (χ4n) is 2.36. The van der Waals surface area contributed by atoms with Gasteiger partial charge in [0.05, 0.1) is 0 Å². The van der Waals surface area contributed by atoms with Gasteiger partial charge in [0.2, 0.25) is 0 Å². The third-order valence-electron chi connectivity index (χ3n) is 3.19. The van der Waals surface area contributed by atoms with Gasteiger partial charge >= 0.3 is 0 Å².